The second-order valence-corrected chi connectivity index (χ2v) is 16.8. The molecule has 0 aliphatic carbocycles. The normalized spacial score (nSPS) is 12.5. The lowest BCUT2D eigenvalue weighted by molar-refractivity contribution is 0.0414. The summed E-state index contributed by atoms with van der Waals surface area (Å²) >= 11 is 0. The molecule has 2 amide bonds. The molecule has 0 rings (SSSR count). The second kappa shape index (κ2) is 40.2. The largest absolute Gasteiger partial charge is 0.465 e. The number of carbonyl (C=O) groups is 2. The van der Waals surface area contributed by atoms with Crippen molar-refractivity contribution in [3.63, 3.8) is 0 Å². The van der Waals surface area contributed by atoms with Crippen LogP contribution in [0.25, 0.3) is 0 Å². The number of rotatable bonds is 42. The van der Waals surface area contributed by atoms with E-state index in [0.29, 0.717) is 19.6 Å². The fourth-order valence-corrected chi connectivity index (χ4v) is 7.77. The fourth-order valence-electron chi connectivity index (χ4n) is 7.77. The molecule has 0 radical (unpaired) electrons. The van der Waals surface area contributed by atoms with E-state index in [2.05, 4.69) is 33.0 Å². The van der Waals surface area contributed by atoms with Gasteiger partial charge in [0, 0.05) is 25.0 Å². The van der Waals surface area contributed by atoms with Crippen LogP contribution in [-0.4, -0.2) is 48.4 Å². The van der Waals surface area contributed by atoms with Gasteiger partial charge >= 0.3 is 12.2 Å². The minimum Gasteiger partial charge on any atom is -0.465 e. The second-order valence-electron chi connectivity index (χ2n) is 16.8. The topological polar surface area (TPSA) is 78.9 Å². The molecule has 0 aliphatic heterocycles. The SMILES string of the molecule is CCCCCCCCCCCCCCCCCCNC(=O)OCC(CC)(CCCC)CN(CCCCCCCCCCCCCCCCCC)C(=O)O. The summed E-state index contributed by atoms with van der Waals surface area (Å²) in [6.07, 6.45) is 44.8. The van der Waals surface area contributed by atoms with E-state index in [-0.39, 0.29) is 18.1 Å². The van der Waals surface area contributed by atoms with Crippen LogP contribution in [0.3, 0.4) is 0 Å². The lowest BCUT2D eigenvalue weighted by atomic mass is 9.80. The fraction of sp³-hybridized carbons (Fsp3) is 0.957. The summed E-state index contributed by atoms with van der Waals surface area (Å²) < 4.78 is 5.77. The summed E-state index contributed by atoms with van der Waals surface area (Å²) in [6.45, 7) is 10.8. The summed E-state index contributed by atoms with van der Waals surface area (Å²) in [7, 11) is 0. The number of amides is 2. The first-order valence-corrected chi connectivity index (χ1v) is 23.8. The van der Waals surface area contributed by atoms with Gasteiger partial charge in [-0.1, -0.05) is 233 Å². The van der Waals surface area contributed by atoms with Crippen molar-refractivity contribution in [3.05, 3.63) is 0 Å². The summed E-state index contributed by atoms with van der Waals surface area (Å²) in [5.74, 6) is 0. The smallest absolute Gasteiger partial charge is 0.407 e. The third-order valence-electron chi connectivity index (χ3n) is 11.7. The van der Waals surface area contributed by atoms with Crippen LogP contribution < -0.4 is 5.32 Å². The summed E-state index contributed by atoms with van der Waals surface area (Å²) in [6, 6.07) is 0. The third-order valence-corrected chi connectivity index (χ3v) is 11.7. The number of ether oxygens (including phenoxy) is 1. The van der Waals surface area contributed by atoms with Crippen LogP contribution in [0.4, 0.5) is 9.59 Å². The Labute approximate surface area is 331 Å². The van der Waals surface area contributed by atoms with Gasteiger partial charge < -0.3 is 20.1 Å². The number of nitrogens with one attached hydrogen (secondary N) is 1. The van der Waals surface area contributed by atoms with Crippen molar-refractivity contribution in [2.75, 3.05) is 26.2 Å². The first kappa shape index (κ1) is 51.5. The zero-order valence-electron chi connectivity index (χ0n) is 36.4. The van der Waals surface area contributed by atoms with Crippen molar-refractivity contribution in [2.24, 2.45) is 5.41 Å². The lowest BCUT2D eigenvalue weighted by Gasteiger charge is -2.36. The van der Waals surface area contributed by atoms with Gasteiger partial charge in [-0.3, -0.25) is 0 Å². The first-order valence-electron chi connectivity index (χ1n) is 23.8. The molecule has 0 aliphatic rings. The van der Waals surface area contributed by atoms with E-state index in [0.717, 1.165) is 51.4 Å². The van der Waals surface area contributed by atoms with Crippen LogP contribution in [0, 0.1) is 5.41 Å². The van der Waals surface area contributed by atoms with E-state index in [1.807, 2.05) is 0 Å². The molecular weight excluding hydrogens is 657 g/mol. The Hall–Kier alpha value is -1.46. The minimum atomic E-state index is -0.853. The average molecular weight is 751 g/mol. The highest BCUT2D eigenvalue weighted by Crippen LogP contribution is 2.31. The first-order chi connectivity index (χ1) is 25.9. The molecule has 0 bridgehead atoms. The summed E-state index contributed by atoms with van der Waals surface area (Å²) in [5.41, 5.74) is -0.338. The van der Waals surface area contributed by atoms with E-state index in [4.69, 9.17) is 4.74 Å². The van der Waals surface area contributed by atoms with E-state index in [1.165, 1.54) is 180 Å². The molecule has 1 atom stereocenters. The Morgan fingerprint density at radius 3 is 1.17 bits per heavy atom. The number of carbonyl (C=O) groups excluding carboxylic acids is 1. The highest BCUT2D eigenvalue weighted by atomic mass is 16.5. The van der Waals surface area contributed by atoms with E-state index in [9.17, 15) is 14.7 Å². The van der Waals surface area contributed by atoms with E-state index in [1.54, 1.807) is 4.90 Å². The maximum absolute atomic E-state index is 12.6. The van der Waals surface area contributed by atoms with Crippen molar-refractivity contribution >= 4 is 12.2 Å². The highest BCUT2D eigenvalue weighted by molar-refractivity contribution is 5.67. The number of hydrogen-bond donors (Lipinski definition) is 2. The molecule has 53 heavy (non-hydrogen) atoms. The molecule has 316 valence electrons. The quantitative estimate of drug-likeness (QED) is 0.0609. The van der Waals surface area contributed by atoms with Gasteiger partial charge in [-0.2, -0.15) is 0 Å². The van der Waals surface area contributed by atoms with Crippen molar-refractivity contribution in [2.45, 2.75) is 259 Å². The molecule has 0 saturated carbocycles. The van der Waals surface area contributed by atoms with Gasteiger partial charge in [0.15, 0.2) is 0 Å². The van der Waals surface area contributed by atoms with Crippen LogP contribution >= 0.6 is 0 Å². The van der Waals surface area contributed by atoms with Gasteiger partial charge in [0.25, 0.3) is 0 Å². The van der Waals surface area contributed by atoms with Crippen molar-refractivity contribution in [1.82, 2.24) is 10.2 Å². The van der Waals surface area contributed by atoms with Crippen LogP contribution in [0.5, 0.6) is 0 Å². The molecule has 2 N–H and O–H groups in total. The molecule has 0 aromatic carbocycles. The molecular formula is C47H94N2O4. The molecule has 0 spiro atoms. The van der Waals surface area contributed by atoms with Crippen LogP contribution in [0.15, 0.2) is 0 Å². The van der Waals surface area contributed by atoms with Gasteiger partial charge in [0.2, 0.25) is 0 Å². The molecule has 0 aromatic heterocycles. The Morgan fingerprint density at radius 2 is 0.830 bits per heavy atom. The van der Waals surface area contributed by atoms with Crippen molar-refractivity contribution in [3.8, 4) is 0 Å². The number of carboxylic acid groups (broad SMARTS) is 1. The predicted octanol–water partition coefficient (Wildman–Crippen LogP) is 15.8. The summed E-state index contributed by atoms with van der Waals surface area (Å²) in [5, 5.41) is 13.0. The van der Waals surface area contributed by atoms with Crippen LogP contribution in [-0.2, 0) is 4.74 Å². The number of unbranched alkanes of at least 4 members (excludes halogenated alkanes) is 31. The zero-order chi connectivity index (χ0) is 38.9. The number of nitrogens with zero attached hydrogens (tertiary/aromatic N) is 1. The standard InChI is InChI=1S/C47H94N2O4/c1-5-9-12-14-16-18-20-22-24-26-28-30-32-34-36-38-41-48-45(50)53-44-47(8-4,40-11-7-3)43-49(46(51)52)42-39-37-35-33-31-29-27-25-23-21-19-17-15-13-10-6-2/h5-44H2,1-4H3,(H,48,50)(H,51,52). The molecule has 0 heterocycles. The average Bonchev–Trinajstić information content (AvgIpc) is 3.16. The third kappa shape index (κ3) is 34.7. The summed E-state index contributed by atoms with van der Waals surface area (Å²) in [4.78, 5) is 26.5. The molecule has 6 heteroatoms. The van der Waals surface area contributed by atoms with Crippen molar-refractivity contribution in [1.29, 1.82) is 0 Å². The molecule has 0 saturated heterocycles. The number of alkyl carbamates (subject to hydrolysis) is 1. The lowest BCUT2D eigenvalue weighted by Crippen LogP contribution is -2.44. The number of hydrogen-bond acceptors (Lipinski definition) is 3. The predicted molar refractivity (Wildman–Crippen MR) is 230 cm³/mol. The highest BCUT2D eigenvalue weighted by Gasteiger charge is 2.33. The molecule has 6 nitrogen and oxygen atoms in total. The maximum Gasteiger partial charge on any atom is 0.407 e. The molecule has 0 aromatic rings. The monoisotopic (exact) mass is 751 g/mol. The minimum absolute atomic E-state index is 0.275. The van der Waals surface area contributed by atoms with E-state index >= 15 is 0 Å². The zero-order valence-corrected chi connectivity index (χ0v) is 36.4. The Morgan fingerprint density at radius 1 is 0.491 bits per heavy atom. The van der Waals surface area contributed by atoms with Crippen LogP contribution in [0.1, 0.15) is 259 Å². The van der Waals surface area contributed by atoms with Gasteiger partial charge in [0.05, 0.1) is 0 Å². The maximum atomic E-state index is 12.6. The van der Waals surface area contributed by atoms with Gasteiger partial charge in [-0.25, -0.2) is 9.59 Å². The Bertz CT molecular complexity index is 778. The van der Waals surface area contributed by atoms with Crippen molar-refractivity contribution < 1.29 is 19.4 Å². The van der Waals surface area contributed by atoms with Crippen LogP contribution in [0.2, 0.25) is 0 Å². The van der Waals surface area contributed by atoms with Gasteiger partial charge in [-0.05, 0) is 25.7 Å². The molecule has 1 unspecified atom stereocenters. The Kier molecular flexibility index (Phi) is 39.1. The van der Waals surface area contributed by atoms with Gasteiger partial charge in [-0.15, -0.1) is 0 Å². The van der Waals surface area contributed by atoms with E-state index < -0.39 is 6.09 Å². The molecule has 0 fully saturated rings. The Balaban J connectivity index is 4.11. The van der Waals surface area contributed by atoms with Gasteiger partial charge in [0.1, 0.15) is 6.61 Å².